The molecule has 1 N–H and O–H groups in total. The van der Waals surface area contributed by atoms with Crippen LogP contribution in [0.4, 0.5) is 10.6 Å². The fraction of sp³-hybridized carbons (Fsp3) is 0.409. The van der Waals surface area contributed by atoms with E-state index in [2.05, 4.69) is 21.3 Å². The van der Waals surface area contributed by atoms with Crippen molar-refractivity contribution in [1.82, 2.24) is 20.1 Å². The molecule has 2 fully saturated rings. The van der Waals surface area contributed by atoms with Gasteiger partial charge in [0.2, 0.25) is 0 Å². The number of amides is 3. The number of hydrogen-bond acceptors (Lipinski definition) is 5. The Labute approximate surface area is 171 Å². The van der Waals surface area contributed by atoms with Crippen molar-refractivity contribution in [3.8, 4) is 0 Å². The molecule has 2 aliphatic rings. The van der Waals surface area contributed by atoms with Crippen molar-refractivity contribution in [2.75, 3.05) is 32.1 Å². The first-order valence-electron chi connectivity index (χ1n) is 10.0. The highest BCUT2D eigenvalue weighted by Crippen LogP contribution is 2.31. The molecule has 0 unspecified atom stereocenters. The minimum absolute atomic E-state index is 0.0960. The number of nitrogens with zero attached hydrogens (tertiary/aromatic N) is 4. The first-order chi connectivity index (χ1) is 14.0. The molecule has 2 saturated heterocycles. The number of rotatable bonds is 5. The number of piperidine rings is 1. The van der Waals surface area contributed by atoms with Gasteiger partial charge in [0.1, 0.15) is 11.4 Å². The van der Waals surface area contributed by atoms with Crippen molar-refractivity contribution in [2.24, 2.45) is 0 Å². The van der Waals surface area contributed by atoms with Crippen molar-refractivity contribution in [3.05, 3.63) is 59.8 Å². The van der Waals surface area contributed by atoms with Gasteiger partial charge in [0.15, 0.2) is 0 Å². The molecule has 2 aromatic rings. The second-order valence-corrected chi connectivity index (χ2v) is 8.05. The Bertz CT molecular complexity index is 891. The molecular weight excluding hydrogens is 366 g/mol. The van der Waals surface area contributed by atoms with E-state index in [4.69, 9.17) is 0 Å². The Kier molecular flexibility index (Phi) is 5.24. The van der Waals surface area contributed by atoms with Gasteiger partial charge in [-0.1, -0.05) is 36.4 Å². The van der Waals surface area contributed by atoms with Crippen LogP contribution in [-0.2, 0) is 17.9 Å². The van der Waals surface area contributed by atoms with Crippen molar-refractivity contribution in [3.63, 3.8) is 0 Å². The lowest BCUT2D eigenvalue weighted by Gasteiger charge is -2.37. The van der Waals surface area contributed by atoms with Crippen LogP contribution in [0.5, 0.6) is 0 Å². The lowest BCUT2D eigenvalue weighted by atomic mass is 9.87. The minimum Gasteiger partial charge on any atom is -0.362 e. The van der Waals surface area contributed by atoms with E-state index in [1.807, 2.05) is 55.4 Å². The van der Waals surface area contributed by atoms with Crippen LogP contribution in [0, 0.1) is 0 Å². The largest absolute Gasteiger partial charge is 0.362 e. The first kappa shape index (κ1) is 19.4. The van der Waals surface area contributed by atoms with E-state index in [1.54, 1.807) is 6.20 Å². The summed E-state index contributed by atoms with van der Waals surface area (Å²) in [6.45, 7) is 2.62. The highest BCUT2D eigenvalue weighted by Gasteiger charge is 2.52. The Hall–Kier alpha value is -2.93. The number of urea groups is 1. The van der Waals surface area contributed by atoms with E-state index in [1.165, 1.54) is 10.5 Å². The van der Waals surface area contributed by atoms with Crippen molar-refractivity contribution in [1.29, 1.82) is 0 Å². The number of hydrogen-bond donors (Lipinski definition) is 1. The maximum atomic E-state index is 13.1. The van der Waals surface area contributed by atoms with Crippen molar-refractivity contribution in [2.45, 2.75) is 31.5 Å². The highest BCUT2D eigenvalue weighted by molar-refractivity contribution is 6.07. The molecule has 4 rings (SSSR count). The van der Waals surface area contributed by atoms with Crippen LogP contribution < -0.4 is 10.2 Å². The normalized spacial score (nSPS) is 18.9. The zero-order chi connectivity index (χ0) is 20.4. The summed E-state index contributed by atoms with van der Waals surface area (Å²) in [4.78, 5) is 35.8. The molecule has 7 nitrogen and oxygen atoms in total. The summed E-state index contributed by atoms with van der Waals surface area (Å²) in [5.41, 5.74) is 1.36. The number of imide groups is 1. The quantitative estimate of drug-likeness (QED) is 0.789. The molecule has 29 heavy (non-hydrogen) atoms. The molecule has 0 aliphatic carbocycles. The van der Waals surface area contributed by atoms with E-state index in [0.717, 1.165) is 31.0 Å². The maximum Gasteiger partial charge on any atom is 0.325 e. The summed E-state index contributed by atoms with van der Waals surface area (Å²) in [7, 11) is 3.98. The summed E-state index contributed by atoms with van der Waals surface area (Å²) >= 11 is 0. The van der Waals surface area contributed by atoms with Gasteiger partial charge in [-0.05, 0) is 24.5 Å². The molecule has 1 aromatic heterocycles. The molecule has 3 amide bonds. The molecule has 1 aromatic carbocycles. The molecule has 0 saturated carbocycles. The van der Waals surface area contributed by atoms with Gasteiger partial charge in [-0.3, -0.25) is 14.6 Å². The first-order valence-corrected chi connectivity index (χ1v) is 10.0. The average molecular weight is 393 g/mol. The molecule has 0 radical (unpaired) electrons. The monoisotopic (exact) mass is 393 g/mol. The standard InChI is InChI=1S/C22H27N5O2/c1-25(2)19-18(9-6-12-23-19)16-26-13-10-22(11-14-26)20(28)27(21(29)24-22)15-17-7-4-3-5-8-17/h3-9,12H,10-11,13-16H2,1-2H3,(H,24,29). The lowest BCUT2D eigenvalue weighted by molar-refractivity contribution is -0.133. The number of likely N-dealkylation sites (tertiary alicyclic amines) is 1. The Morgan fingerprint density at radius 2 is 1.76 bits per heavy atom. The maximum absolute atomic E-state index is 13.1. The molecular formula is C22H27N5O2. The van der Waals surface area contributed by atoms with Crippen LogP contribution in [0.15, 0.2) is 48.7 Å². The van der Waals surface area contributed by atoms with Gasteiger partial charge in [-0.2, -0.15) is 0 Å². The van der Waals surface area contributed by atoms with E-state index in [-0.39, 0.29) is 11.9 Å². The smallest absolute Gasteiger partial charge is 0.325 e. The second kappa shape index (κ2) is 7.83. The third kappa shape index (κ3) is 3.82. The summed E-state index contributed by atoms with van der Waals surface area (Å²) < 4.78 is 0. The van der Waals surface area contributed by atoms with E-state index >= 15 is 0 Å². The number of anilines is 1. The average Bonchev–Trinajstić information content (AvgIpc) is 2.95. The number of carbonyl (C=O) groups excluding carboxylic acids is 2. The molecule has 2 aliphatic heterocycles. The molecule has 7 heteroatoms. The van der Waals surface area contributed by atoms with E-state index in [0.29, 0.717) is 19.4 Å². The number of benzene rings is 1. The third-order valence-corrected chi connectivity index (χ3v) is 5.82. The highest BCUT2D eigenvalue weighted by atomic mass is 16.2. The van der Waals surface area contributed by atoms with Gasteiger partial charge in [-0.25, -0.2) is 9.78 Å². The van der Waals surface area contributed by atoms with Crippen LogP contribution >= 0.6 is 0 Å². The fourth-order valence-corrected chi connectivity index (χ4v) is 4.21. The molecule has 152 valence electrons. The van der Waals surface area contributed by atoms with Gasteiger partial charge >= 0.3 is 6.03 Å². The van der Waals surface area contributed by atoms with Crippen LogP contribution in [0.1, 0.15) is 24.0 Å². The van der Waals surface area contributed by atoms with Gasteiger partial charge in [0.05, 0.1) is 6.54 Å². The van der Waals surface area contributed by atoms with E-state index in [9.17, 15) is 9.59 Å². The van der Waals surface area contributed by atoms with Gasteiger partial charge in [0.25, 0.3) is 5.91 Å². The van der Waals surface area contributed by atoms with Gasteiger partial charge < -0.3 is 10.2 Å². The Morgan fingerprint density at radius 1 is 1.03 bits per heavy atom. The van der Waals surface area contributed by atoms with Gasteiger partial charge in [0, 0.05) is 45.5 Å². The summed E-state index contributed by atoms with van der Waals surface area (Å²) in [6, 6.07) is 13.4. The zero-order valence-corrected chi connectivity index (χ0v) is 17.0. The zero-order valence-electron chi connectivity index (χ0n) is 17.0. The SMILES string of the molecule is CN(C)c1ncccc1CN1CCC2(CC1)NC(=O)N(Cc1ccccc1)C2=O. The second-order valence-electron chi connectivity index (χ2n) is 8.05. The molecule has 0 atom stereocenters. The fourth-order valence-electron chi connectivity index (χ4n) is 4.21. The third-order valence-electron chi connectivity index (χ3n) is 5.82. The predicted octanol–water partition coefficient (Wildman–Crippen LogP) is 2.23. The summed E-state index contributed by atoms with van der Waals surface area (Å²) in [5, 5.41) is 2.99. The van der Waals surface area contributed by atoms with Crippen LogP contribution in [0.3, 0.4) is 0 Å². The number of aromatic nitrogens is 1. The lowest BCUT2D eigenvalue weighted by Crippen LogP contribution is -2.54. The van der Waals surface area contributed by atoms with Crippen LogP contribution in [-0.4, -0.2) is 59.4 Å². The summed E-state index contributed by atoms with van der Waals surface area (Å²) in [5.74, 6) is 0.869. The number of carbonyl (C=O) groups is 2. The van der Waals surface area contributed by atoms with Crippen molar-refractivity contribution >= 4 is 17.8 Å². The summed E-state index contributed by atoms with van der Waals surface area (Å²) in [6.07, 6.45) is 3.05. The van der Waals surface area contributed by atoms with Crippen LogP contribution in [0.25, 0.3) is 0 Å². The number of pyridine rings is 1. The van der Waals surface area contributed by atoms with E-state index < -0.39 is 5.54 Å². The predicted molar refractivity (Wildman–Crippen MR) is 111 cm³/mol. The minimum atomic E-state index is -0.762. The topological polar surface area (TPSA) is 68.8 Å². The Morgan fingerprint density at radius 3 is 2.45 bits per heavy atom. The van der Waals surface area contributed by atoms with Gasteiger partial charge in [-0.15, -0.1) is 0 Å². The molecule has 0 bridgehead atoms. The molecule has 3 heterocycles. The number of nitrogens with one attached hydrogen (secondary N) is 1. The van der Waals surface area contributed by atoms with Crippen LogP contribution in [0.2, 0.25) is 0 Å². The van der Waals surface area contributed by atoms with Crippen molar-refractivity contribution < 1.29 is 9.59 Å². The Balaban J connectivity index is 1.41. The molecule has 1 spiro atoms.